The summed E-state index contributed by atoms with van der Waals surface area (Å²) < 4.78 is 0. The maximum absolute atomic E-state index is 14.7. The molecule has 87 heavy (non-hydrogen) atoms. The van der Waals surface area contributed by atoms with Crippen LogP contribution in [0.4, 0.5) is 0 Å². The molecule has 1 saturated heterocycles. The molecular formula is C77H35N7O3. The van der Waals surface area contributed by atoms with E-state index in [4.69, 9.17) is 11.5 Å². The lowest BCUT2D eigenvalue weighted by Crippen LogP contribution is -2.49. The second kappa shape index (κ2) is 10.1. The van der Waals surface area contributed by atoms with Crippen LogP contribution >= 0.6 is 0 Å². The fraction of sp³-hybridized carbons (Fsp3) is 0.208. The highest BCUT2D eigenvalue weighted by atomic mass is 16.2. The highest BCUT2D eigenvalue weighted by Gasteiger charge is 2.73. The third-order valence-electron chi connectivity index (χ3n) is 28.3. The molecule has 0 radical (unpaired) electrons. The lowest BCUT2D eigenvalue weighted by molar-refractivity contribution is -0.123. The SMILES string of the molecule is NCCNC(=O)CCN(CCNC(=O)CCN1CC23c4c5c6c7c8c9c(c%10c%11c2c2c%12c4c4c%13c5c5c7c7c8c8c%14c9c%10c9c%10c%11c2c2c%11c%12c4c4c%12c%13c5c5c7c7c8c8c%14c9c9c%10c2c2c%11c4c4c%12c5c7c5c8c9c2c45)C63C1)CCC(=O)NCCN. The number of likely N-dealkylation sites (tertiary alicyclic amines) is 1. The van der Waals surface area contributed by atoms with Crippen LogP contribution in [0.2, 0.25) is 0 Å². The van der Waals surface area contributed by atoms with Gasteiger partial charge in [-0.05, 0) is 313 Å². The minimum Gasteiger partial charge on any atom is -0.355 e. The molecule has 2 atom stereocenters. The van der Waals surface area contributed by atoms with Crippen LogP contribution in [0.15, 0.2) is 0 Å². The number of benzene rings is 17. The molecule has 10 heteroatoms. The Morgan fingerprint density at radius 2 is 0.494 bits per heavy atom. The second-order valence-corrected chi connectivity index (χ2v) is 30.0. The molecule has 28 aromatic rings. The van der Waals surface area contributed by atoms with Gasteiger partial charge in [-0.15, -0.1) is 0 Å². The Balaban J connectivity index is 0.731. The predicted molar refractivity (Wildman–Crippen MR) is 358 cm³/mol. The van der Waals surface area contributed by atoms with Crippen LogP contribution in [0, 0.1) is 0 Å². The number of carbonyl (C=O) groups excluding carboxylic acids is 3. The van der Waals surface area contributed by atoms with Crippen LogP contribution in [0.1, 0.15) is 41.5 Å². The zero-order chi connectivity index (χ0) is 54.4. The van der Waals surface area contributed by atoms with Crippen molar-refractivity contribution in [2.75, 3.05) is 72.0 Å². The van der Waals surface area contributed by atoms with Crippen molar-refractivity contribution in [3.05, 3.63) is 22.3 Å². The van der Waals surface area contributed by atoms with Crippen LogP contribution in [0.25, 0.3) is 291 Å². The van der Waals surface area contributed by atoms with Crippen LogP contribution < -0.4 is 27.4 Å². The minimum absolute atomic E-state index is 0.0539. The lowest BCUT2D eigenvalue weighted by Gasteiger charge is -2.48. The Morgan fingerprint density at radius 1 is 0.287 bits per heavy atom. The van der Waals surface area contributed by atoms with Gasteiger partial charge in [-0.3, -0.25) is 14.4 Å². The summed E-state index contributed by atoms with van der Waals surface area (Å²) in [4.78, 5) is 45.1. The maximum atomic E-state index is 14.7. The van der Waals surface area contributed by atoms with E-state index < -0.39 is 0 Å². The van der Waals surface area contributed by atoms with Gasteiger partial charge in [0.15, 0.2) is 0 Å². The molecule has 2 spiro atoms. The van der Waals surface area contributed by atoms with Gasteiger partial charge in [-0.1, -0.05) is 0 Å². The number of nitrogens with one attached hydrogen (secondary N) is 3. The van der Waals surface area contributed by atoms with Gasteiger partial charge in [0.1, 0.15) is 0 Å². The number of hydrogen-bond donors (Lipinski definition) is 5. The van der Waals surface area contributed by atoms with E-state index in [1.54, 1.807) is 313 Å². The largest absolute Gasteiger partial charge is 0.355 e. The predicted octanol–water partition coefficient (Wildman–Crippen LogP) is 13.3. The van der Waals surface area contributed by atoms with E-state index in [1.807, 2.05) is 0 Å². The average Bonchev–Trinajstić information content (AvgIpc) is 1.38. The molecular weight excluding hydrogens is 1070 g/mol. The van der Waals surface area contributed by atoms with Gasteiger partial charge in [-0.2, -0.15) is 0 Å². The number of hydrogen-bond acceptors (Lipinski definition) is 7. The van der Waals surface area contributed by atoms with Crippen LogP contribution in [-0.4, -0.2) is 99.5 Å². The molecule has 1 fully saturated rings. The van der Waals surface area contributed by atoms with E-state index in [1.165, 1.54) is 0 Å². The molecule has 1 heterocycles. The first kappa shape index (κ1) is 38.7. The molecule has 7 N–H and O–H groups in total. The standard InChI is InChI=1S/C77H35N7O3/c78-4-6-80-15(85)1-9-83(10-2-16(86)81-7-5-79)12-8-82-17(87)3-11-84-13-76-72-65-58-46-38-29-20-18-19-21-24(20)33-40(38)48-49-41(33)39-30(21)32-28-23(19)26-25-22(18)27-31(29)44(46)52-50-36(27)34(25)42-43-35(26)37(28)51-53-45(32)47(39)59-61(49)70(69(72)60(48)58)73-66(59)64(53)68-57(51)55(43)62-54(42)56(50)67(63(52)65)74(76)71(62)75(68)77(73,76)14-84/h1-14,78-79H2,(H,80,85)(H,81,86)(H,82,87). The summed E-state index contributed by atoms with van der Waals surface area (Å²) in [5.74, 6) is -0.0741. The van der Waals surface area contributed by atoms with E-state index in [2.05, 4.69) is 25.8 Å². The molecule has 0 aromatic heterocycles. The Bertz CT molecular complexity index is 7460. The summed E-state index contributed by atoms with van der Waals surface area (Å²) in [5, 5.41) is 96.2. The van der Waals surface area contributed by atoms with Crippen molar-refractivity contribution in [2.24, 2.45) is 11.5 Å². The van der Waals surface area contributed by atoms with Crippen molar-refractivity contribution in [2.45, 2.75) is 30.1 Å². The van der Waals surface area contributed by atoms with Crippen molar-refractivity contribution in [1.82, 2.24) is 25.8 Å². The zero-order valence-electron chi connectivity index (χ0n) is 46.2. The Kier molecular flexibility index (Phi) is 4.49. The van der Waals surface area contributed by atoms with Crippen molar-refractivity contribution >= 4 is 309 Å². The molecule has 28 aromatic carbocycles. The third-order valence-corrected chi connectivity index (χ3v) is 28.3. The third kappa shape index (κ3) is 2.64. The fourth-order valence-electron chi connectivity index (χ4n) is 27.2. The second-order valence-electron chi connectivity index (χ2n) is 30.0. The maximum Gasteiger partial charge on any atom is 0.221 e. The first-order chi connectivity index (χ1) is 43.0. The van der Waals surface area contributed by atoms with Gasteiger partial charge < -0.3 is 37.2 Å². The topological polar surface area (TPSA) is 146 Å². The molecule has 2 unspecified atom stereocenters. The van der Waals surface area contributed by atoms with Crippen LogP contribution in [0.5, 0.6) is 0 Å². The van der Waals surface area contributed by atoms with Gasteiger partial charge in [0.05, 0.1) is 10.8 Å². The molecule has 33 rings (SSSR count). The summed E-state index contributed by atoms with van der Waals surface area (Å²) in [5.41, 5.74) is 17.4. The molecule has 10 nitrogen and oxygen atoms in total. The minimum atomic E-state index is -0.359. The Morgan fingerprint density at radius 3 is 0.770 bits per heavy atom. The fourth-order valence-corrected chi connectivity index (χ4v) is 27.2. The van der Waals surface area contributed by atoms with Gasteiger partial charge >= 0.3 is 0 Å². The van der Waals surface area contributed by atoms with Crippen molar-refractivity contribution in [1.29, 1.82) is 0 Å². The van der Waals surface area contributed by atoms with Crippen molar-refractivity contribution in [3.8, 4) is 0 Å². The van der Waals surface area contributed by atoms with Gasteiger partial charge in [0.25, 0.3) is 0 Å². The number of amides is 3. The summed E-state index contributed by atoms with van der Waals surface area (Å²) >= 11 is 0. The first-order valence-electron chi connectivity index (χ1n) is 32.4. The van der Waals surface area contributed by atoms with E-state index >= 15 is 0 Å². The first-order valence-corrected chi connectivity index (χ1v) is 32.4. The van der Waals surface area contributed by atoms with Crippen LogP contribution in [0.3, 0.4) is 0 Å². The molecule has 0 saturated carbocycles. The van der Waals surface area contributed by atoms with E-state index in [9.17, 15) is 14.4 Å². The normalized spacial score (nSPS) is 20.6. The summed E-state index contributed by atoms with van der Waals surface area (Å²) in [6.07, 6.45) is 0.983. The monoisotopic (exact) mass is 1110 g/mol. The molecule has 5 aliphatic rings. The van der Waals surface area contributed by atoms with E-state index in [0.29, 0.717) is 78.2 Å². The van der Waals surface area contributed by atoms with E-state index in [0.717, 1.165) is 13.1 Å². The van der Waals surface area contributed by atoms with Crippen molar-refractivity contribution in [3.63, 3.8) is 0 Å². The molecule has 1 aliphatic heterocycles. The highest BCUT2D eigenvalue weighted by molar-refractivity contribution is 6.82. The quantitative estimate of drug-likeness (QED) is 0.0606. The summed E-state index contributed by atoms with van der Waals surface area (Å²) in [7, 11) is 0. The smallest absolute Gasteiger partial charge is 0.221 e. The lowest BCUT2D eigenvalue weighted by atomic mass is 9.52. The Hall–Kier alpha value is -9.29. The number of nitrogens with two attached hydrogens (primary N) is 2. The van der Waals surface area contributed by atoms with Crippen LogP contribution in [-0.2, 0) is 25.2 Å². The van der Waals surface area contributed by atoms with Crippen molar-refractivity contribution < 1.29 is 14.4 Å². The number of rotatable bonds is 16. The van der Waals surface area contributed by atoms with Gasteiger partial charge in [0, 0.05) is 91.3 Å². The number of nitrogens with zero attached hydrogens (tertiary/aromatic N) is 2. The molecule has 4 aliphatic carbocycles. The molecule has 0 bridgehead atoms. The Labute approximate surface area is 481 Å². The molecule has 396 valence electrons. The van der Waals surface area contributed by atoms with Gasteiger partial charge in [0.2, 0.25) is 17.7 Å². The highest BCUT2D eigenvalue weighted by Crippen LogP contribution is 2.85. The summed E-state index contributed by atoms with van der Waals surface area (Å²) in [6.45, 7) is 6.00. The summed E-state index contributed by atoms with van der Waals surface area (Å²) in [6, 6.07) is 0. The average molecular weight is 1110 g/mol. The number of carbonyl (C=O) groups is 3. The van der Waals surface area contributed by atoms with E-state index in [-0.39, 0.29) is 28.6 Å². The van der Waals surface area contributed by atoms with Gasteiger partial charge in [-0.25, -0.2) is 0 Å². The molecule has 3 amide bonds. The zero-order valence-corrected chi connectivity index (χ0v) is 46.2.